The van der Waals surface area contributed by atoms with Gasteiger partial charge in [-0.05, 0) is 61.8 Å². The Kier molecular flexibility index (Phi) is 4.60. The molecule has 27 heavy (non-hydrogen) atoms. The first-order chi connectivity index (χ1) is 13.0. The van der Waals surface area contributed by atoms with Crippen molar-refractivity contribution in [3.8, 4) is 0 Å². The Morgan fingerprint density at radius 3 is 2.41 bits per heavy atom. The average molecular weight is 362 g/mol. The molecule has 4 nitrogen and oxygen atoms in total. The van der Waals surface area contributed by atoms with Gasteiger partial charge < -0.3 is 10.6 Å². The van der Waals surface area contributed by atoms with Gasteiger partial charge in [0.2, 0.25) is 0 Å². The maximum atomic E-state index is 13.2. The fourth-order valence-corrected chi connectivity index (χ4v) is 4.55. The lowest BCUT2D eigenvalue weighted by Crippen LogP contribution is -2.34. The molecule has 1 amide bonds. The standard InChI is InChI=1S/C23H26N2O2/c1-14-7-8-16(11-15(14)2)22(26)18-5-3-4-6-19(18)23(27)25-12-17-9-10-21(24)20(17)13-25/h3-8,11,17,20-21H,9-10,12-13,24H2,1-2H3. The van der Waals surface area contributed by atoms with Crippen molar-refractivity contribution in [2.45, 2.75) is 32.7 Å². The van der Waals surface area contributed by atoms with Crippen LogP contribution in [0.25, 0.3) is 0 Å². The molecule has 1 saturated heterocycles. The topological polar surface area (TPSA) is 63.4 Å². The number of ketones is 1. The molecule has 0 radical (unpaired) electrons. The van der Waals surface area contributed by atoms with E-state index in [9.17, 15) is 9.59 Å². The minimum absolute atomic E-state index is 0.0515. The lowest BCUT2D eigenvalue weighted by atomic mass is 9.95. The van der Waals surface area contributed by atoms with Crippen LogP contribution in [0.1, 0.15) is 50.2 Å². The molecule has 0 spiro atoms. The Bertz CT molecular complexity index is 905. The van der Waals surface area contributed by atoms with E-state index in [1.54, 1.807) is 12.1 Å². The molecule has 0 aromatic heterocycles. The minimum atomic E-state index is -0.0989. The van der Waals surface area contributed by atoms with E-state index in [1.807, 2.05) is 49.1 Å². The van der Waals surface area contributed by atoms with Gasteiger partial charge in [-0.2, -0.15) is 0 Å². The third kappa shape index (κ3) is 3.19. The molecule has 2 N–H and O–H groups in total. The molecule has 4 rings (SSSR count). The van der Waals surface area contributed by atoms with Crippen molar-refractivity contribution in [2.24, 2.45) is 17.6 Å². The SMILES string of the molecule is Cc1ccc(C(=O)c2ccccc2C(=O)N2CC3CCC(N)C3C2)cc1C. The number of likely N-dealkylation sites (tertiary alicyclic amines) is 1. The molecule has 2 aromatic rings. The number of hydrogen-bond donors (Lipinski definition) is 1. The van der Waals surface area contributed by atoms with Gasteiger partial charge in [-0.3, -0.25) is 9.59 Å². The molecule has 2 fully saturated rings. The number of hydrogen-bond acceptors (Lipinski definition) is 3. The number of nitrogens with two attached hydrogens (primary N) is 1. The Labute approximate surface area is 160 Å². The lowest BCUT2D eigenvalue weighted by molar-refractivity contribution is 0.0775. The van der Waals surface area contributed by atoms with E-state index >= 15 is 0 Å². The monoisotopic (exact) mass is 362 g/mol. The highest BCUT2D eigenvalue weighted by Crippen LogP contribution is 2.37. The van der Waals surface area contributed by atoms with Crippen LogP contribution in [0.2, 0.25) is 0 Å². The highest BCUT2D eigenvalue weighted by molar-refractivity contribution is 6.15. The summed E-state index contributed by atoms with van der Waals surface area (Å²) in [7, 11) is 0. The number of benzene rings is 2. The molecule has 1 aliphatic carbocycles. The van der Waals surface area contributed by atoms with Crippen LogP contribution in [0.3, 0.4) is 0 Å². The van der Waals surface area contributed by atoms with Crippen LogP contribution in [0.15, 0.2) is 42.5 Å². The van der Waals surface area contributed by atoms with E-state index in [0.29, 0.717) is 35.1 Å². The number of amides is 1. The molecule has 3 unspecified atom stereocenters. The lowest BCUT2D eigenvalue weighted by Gasteiger charge is -2.20. The fraction of sp³-hybridized carbons (Fsp3) is 0.391. The van der Waals surface area contributed by atoms with Crippen LogP contribution in [0.5, 0.6) is 0 Å². The summed E-state index contributed by atoms with van der Waals surface area (Å²) in [5, 5.41) is 0. The zero-order chi connectivity index (χ0) is 19.1. The van der Waals surface area contributed by atoms with Gasteiger partial charge in [0.15, 0.2) is 5.78 Å². The van der Waals surface area contributed by atoms with Crippen LogP contribution in [0.4, 0.5) is 0 Å². The maximum absolute atomic E-state index is 13.2. The Morgan fingerprint density at radius 2 is 1.70 bits per heavy atom. The summed E-state index contributed by atoms with van der Waals surface area (Å²) in [4.78, 5) is 28.2. The summed E-state index contributed by atoms with van der Waals surface area (Å²) in [6.07, 6.45) is 2.15. The van der Waals surface area contributed by atoms with E-state index in [-0.39, 0.29) is 17.7 Å². The number of carbonyl (C=O) groups is 2. The van der Waals surface area contributed by atoms with Crippen LogP contribution >= 0.6 is 0 Å². The van der Waals surface area contributed by atoms with Gasteiger partial charge >= 0.3 is 0 Å². The van der Waals surface area contributed by atoms with E-state index in [2.05, 4.69) is 0 Å². The van der Waals surface area contributed by atoms with Gasteiger partial charge in [0.1, 0.15) is 0 Å². The van der Waals surface area contributed by atoms with Crippen molar-refractivity contribution < 1.29 is 9.59 Å². The summed E-state index contributed by atoms with van der Waals surface area (Å²) in [5.41, 5.74) is 10.0. The van der Waals surface area contributed by atoms with E-state index in [0.717, 1.165) is 30.5 Å². The second-order valence-corrected chi connectivity index (χ2v) is 8.05. The Hall–Kier alpha value is -2.46. The zero-order valence-corrected chi connectivity index (χ0v) is 15.9. The van der Waals surface area contributed by atoms with Crippen molar-refractivity contribution in [3.05, 3.63) is 70.3 Å². The molecule has 140 valence electrons. The average Bonchev–Trinajstić information content (AvgIpc) is 3.25. The first-order valence-electron chi connectivity index (χ1n) is 9.71. The first kappa shape index (κ1) is 17.9. The normalized spacial score (nSPS) is 24.1. The molecule has 0 bridgehead atoms. The second-order valence-electron chi connectivity index (χ2n) is 8.05. The van der Waals surface area contributed by atoms with Crippen LogP contribution in [0, 0.1) is 25.7 Å². The van der Waals surface area contributed by atoms with Gasteiger partial charge in [-0.1, -0.05) is 30.3 Å². The molecule has 1 aliphatic heterocycles. The number of carbonyl (C=O) groups excluding carboxylic acids is 2. The largest absolute Gasteiger partial charge is 0.338 e. The first-order valence-corrected chi connectivity index (χ1v) is 9.71. The van der Waals surface area contributed by atoms with E-state index < -0.39 is 0 Å². The van der Waals surface area contributed by atoms with Crippen molar-refractivity contribution in [2.75, 3.05) is 13.1 Å². The molecule has 1 saturated carbocycles. The van der Waals surface area contributed by atoms with Crippen LogP contribution in [-0.4, -0.2) is 35.7 Å². The molecular formula is C23H26N2O2. The predicted molar refractivity (Wildman–Crippen MR) is 106 cm³/mol. The molecule has 2 aromatic carbocycles. The maximum Gasteiger partial charge on any atom is 0.254 e. The fourth-order valence-electron chi connectivity index (χ4n) is 4.55. The van der Waals surface area contributed by atoms with E-state index in [4.69, 9.17) is 5.73 Å². The summed E-state index contributed by atoms with van der Waals surface area (Å²) in [6, 6.07) is 13.1. The number of aryl methyl sites for hydroxylation is 2. The molecule has 4 heteroatoms. The number of fused-ring (bicyclic) bond motifs is 1. The van der Waals surface area contributed by atoms with Crippen molar-refractivity contribution in [1.29, 1.82) is 0 Å². The van der Waals surface area contributed by atoms with Crippen molar-refractivity contribution >= 4 is 11.7 Å². The zero-order valence-electron chi connectivity index (χ0n) is 15.9. The highest BCUT2D eigenvalue weighted by Gasteiger charge is 2.43. The number of nitrogens with zero attached hydrogens (tertiary/aromatic N) is 1. The van der Waals surface area contributed by atoms with Crippen LogP contribution < -0.4 is 5.73 Å². The van der Waals surface area contributed by atoms with Crippen molar-refractivity contribution in [1.82, 2.24) is 4.90 Å². The van der Waals surface area contributed by atoms with Gasteiger partial charge in [0.05, 0.1) is 5.56 Å². The third-order valence-corrected chi connectivity index (χ3v) is 6.37. The second kappa shape index (κ2) is 6.93. The summed E-state index contributed by atoms with van der Waals surface area (Å²) in [5.74, 6) is 0.755. The summed E-state index contributed by atoms with van der Waals surface area (Å²) >= 11 is 0. The predicted octanol–water partition coefficient (Wildman–Crippen LogP) is 3.34. The van der Waals surface area contributed by atoms with Gasteiger partial charge in [0.25, 0.3) is 5.91 Å². The van der Waals surface area contributed by atoms with E-state index in [1.165, 1.54) is 0 Å². The smallest absolute Gasteiger partial charge is 0.254 e. The van der Waals surface area contributed by atoms with Gasteiger partial charge in [-0.25, -0.2) is 0 Å². The quantitative estimate of drug-likeness (QED) is 0.852. The number of rotatable bonds is 3. The third-order valence-electron chi connectivity index (χ3n) is 6.37. The van der Waals surface area contributed by atoms with Crippen LogP contribution in [-0.2, 0) is 0 Å². The minimum Gasteiger partial charge on any atom is -0.338 e. The Balaban J connectivity index is 1.62. The summed E-state index contributed by atoms with van der Waals surface area (Å²) in [6.45, 7) is 5.48. The van der Waals surface area contributed by atoms with Gasteiger partial charge in [0, 0.05) is 30.3 Å². The van der Waals surface area contributed by atoms with Gasteiger partial charge in [-0.15, -0.1) is 0 Å². The molecular weight excluding hydrogens is 336 g/mol. The van der Waals surface area contributed by atoms with Crippen molar-refractivity contribution in [3.63, 3.8) is 0 Å². The summed E-state index contributed by atoms with van der Waals surface area (Å²) < 4.78 is 0. The molecule has 1 heterocycles. The Morgan fingerprint density at radius 1 is 0.963 bits per heavy atom. The highest BCUT2D eigenvalue weighted by atomic mass is 16.2. The molecule has 3 atom stereocenters. The molecule has 2 aliphatic rings.